The van der Waals surface area contributed by atoms with Gasteiger partial charge in [-0.1, -0.05) is 0 Å². The maximum Gasteiger partial charge on any atom is 0.460 e. The number of alkyl halides is 13. The summed E-state index contributed by atoms with van der Waals surface area (Å²) in [6, 6.07) is 0. The second-order valence-corrected chi connectivity index (χ2v) is 5.67. The van der Waals surface area contributed by atoms with E-state index in [4.69, 9.17) is 0 Å². The Morgan fingerprint density at radius 2 is 0.875 bits per heavy atom. The lowest BCUT2D eigenvalue weighted by Gasteiger charge is -2.38. The first-order valence-electron chi connectivity index (χ1n) is 4.82. The van der Waals surface area contributed by atoms with Crippen LogP contribution in [0.4, 0.5) is 57.1 Å². The zero-order chi connectivity index (χ0) is 20.2. The molecule has 0 unspecified atom stereocenters. The maximum absolute atomic E-state index is 12.9. The highest BCUT2D eigenvalue weighted by Gasteiger charge is 2.91. The summed E-state index contributed by atoms with van der Waals surface area (Å²) in [7, 11) is -5.75. The SMILES string of the molecule is CS(=O)(=O)OC(F)(F)C(F)(F)C(F)(F)C(F)(F)C(F)(F)C(F)(F)F. The van der Waals surface area contributed by atoms with E-state index < -0.39 is 52.3 Å². The van der Waals surface area contributed by atoms with Crippen LogP contribution in [0.2, 0.25) is 0 Å². The van der Waals surface area contributed by atoms with Crippen molar-refractivity contribution >= 4 is 10.1 Å². The number of hydrogen-bond acceptors (Lipinski definition) is 3. The second-order valence-electron chi connectivity index (χ2n) is 4.10. The Morgan fingerprint density at radius 1 is 0.583 bits per heavy atom. The molecule has 0 N–H and O–H groups in total. The summed E-state index contributed by atoms with van der Waals surface area (Å²) in [4.78, 5) is 0. The van der Waals surface area contributed by atoms with Gasteiger partial charge >= 0.3 is 36.0 Å². The average molecular weight is 414 g/mol. The van der Waals surface area contributed by atoms with Gasteiger partial charge in [0.05, 0.1) is 6.26 Å². The molecule has 0 aromatic rings. The lowest BCUT2D eigenvalue weighted by molar-refractivity contribution is -0.456. The Kier molecular flexibility index (Phi) is 5.27. The molecule has 0 spiro atoms. The summed E-state index contributed by atoms with van der Waals surface area (Å²) in [5.41, 5.74) is 0. The van der Waals surface area contributed by atoms with Crippen molar-refractivity contribution in [1.29, 1.82) is 0 Å². The summed E-state index contributed by atoms with van der Waals surface area (Å²) in [6.07, 6.45) is -15.1. The Labute approximate surface area is 123 Å². The van der Waals surface area contributed by atoms with Crippen LogP contribution in [-0.2, 0) is 14.3 Å². The monoisotopic (exact) mass is 414 g/mol. The van der Waals surface area contributed by atoms with E-state index in [1.165, 1.54) is 0 Å². The van der Waals surface area contributed by atoms with Crippen molar-refractivity contribution in [3.63, 3.8) is 0 Å². The molecule has 0 amide bonds. The topological polar surface area (TPSA) is 43.4 Å². The molecule has 0 rings (SSSR count). The number of rotatable bonds is 6. The van der Waals surface area contributed by atoms with E-state index in [2.05, 4.69) is 4.18 Å². The molecule has 0 saturated heterocycles. The minimum atomic E-state index is -8.11. The molecule has 0 atom stereocenters. The van der Waals surface area contributed by atoms with Crippen LogP contribution < -0.4 is 0 Å². The van der Waals surface area contributed by atoms with Crippen molar-refractivity contribution in [1.82, 2.24) is 0 Å². The van der Waals surface area contributed by atoms with Crippen LogP contribution >= 0.6 is 0 Å². The minimum Gasteiger partial charge on any atom is -0.200 e. The van der Waals surface area contributed by atoms with Crippen molar-refractivity contribution in [2.45, 2.75) is 36.0 Å². The van der Waals surface area contributed by atoms with Gasteiger partial charge in [0, 0.05) is 0 Å². The quantitative estimate of drug-likeness (QED) is 0.493. The van der Waals surface area contributed by atoms with Crippen LogP contribution in [0.25, 0.3) is 0 Å². The molecular weight excluding hydrogens is 411 g/mol. The fraction of sp³-hybridized carbons (Fsp3) is 1.00. The first-order valence-corrected chi connectivity index (χ1v) is 6.64. The van der Waals surface area contributed by atoms with Crippen LogP contribution in [0.15, 0.2) is 0 Å². The van der Waals surface area contributed by atoms with Crippen molar-refractivity contribution in [2.75, 3.05) is 6.26 Å². The van der Waals surface area contributed by atoms with Crippen LogP contribution in [0.5, 0.6) is 0 Å². The van der Waals surface area contributed by atoms with Crippen LogP contribution in [0.3, 0.4) is 0 Å². The molecule has 0 aliphatic carbocycles. The summed E-state index contributed by atoms with van der Waals surface area (Å²) in [6.45, 7) is 0. The average Bonchev–Trinajstić information content (AvgIpc) is 2.22. The molecule has 17 heteroatoms. The van der Waals surface area contributed by atoms with Gasteiger partial charge in [0.1, 0.15) is 0 Å². The molecule has 0 aromatic carbocycles. The highest BCUT2D eigenvalue weighted by molar-refractivity contribution is 7.86. The lowest BCUT2D eigenvalue weighted by atomic mass is 9.97. The van der Waals surface area contributed by atoms with E-state index in [-0.39, 0.29) is 0 Å². The Bertz CT molecular complexity index is 575. The maximum atomic E-state index is 12.9. The number of hydrogen-bond donors (Lipinski definition) is 0. The normalized spacial score (nSPS) is 16.4. The minimum absolute atomic E-state index is 0.447. The standard InChI is InChI=1S/C7H3F13O3S/c1-24(21,22)23-7(19,20)5(14,15)3(10,11)2(8,9)4(12,13)6(16,17)18/h1H3. The second kappa shape index (κ2) is 5.50. The van der Waals surface area contributed by atoms with Gasteiger partial charge in [-0.15, -0.1) is 0 Å². The van der Waals surface area contributed by atoms with E-state index in [1.807, 2.05) is 0 Å². The summed E-state index contributed by atoms with van der Waals surface area (Å²) in [5.74, 6) is -31.9. The van der Waals surface area contributed by atoms with Gasteiger partial charge in [0.15, 0.2) is 0 Å². The third-order valence-corrected chi connectivity index (χ3v) is 2.67. The Balaban J connectivity index is 6.30. The van der Waals surface area contributed by atoms with E-state index in [0.717, 1.165) is 0 Å². The number of halogens is 13. The third-order valence-electron chi connectivity index (χ3n) is 2.16. The van der Waals surface area contributed by atoms with Crippen molar-refractivity contribution in [3.05, 3.63) is 0 Å². The molecule has 0 saturated carbocycles. The molecule has 0 fully saturated rings. The molecule has 146 valence electrons. The molecule has 24 heavy (non-hydrogen) atoms. The molecular formula is C7H3F13O3S. The largest absolute Gasteiger partial charge is 0.460 e. The molecule has 0 bridgehead atoms. The predicted octanol–water partition coefficient (Wildman–Crippen LogP) is 3.66. The molecule has 3 nitrogen and oxygen atoms in total. The van der Waals surface area contributed by atoms with Gasteiger partial charge in [-0.25, -0.2) is 0 Å². The molecule has 0 aliphatic heterocycles. The fourth-order valence-corrected chi connectivity index (χ4v) is 1.48. The first-order chi connectivity index (χ1) is 9.96. The Morgan fingerprint density at radius 3 is 1.12 bits per heavy atom. The van der Waals surface area contributed by atoms with Gasteiger partial charge in [-0.3, -0.25) is 0 Å². The van der Waals surface area contributed by atoms with Crippen molar-refractivity contribution < 1.29 is 69.7 Å². The highest BCUT2D eigenvalue weighted by atomic mass is 32.2. The van der Waals surface area contributed by atoms with Gasteiger partial charge < -0.3 is 0 Å². The van der Waals surface area contributed by atoms with E-state index in [0.29, 0.717) is 0 Å². The van der Waals surface area contributed by atoms with E-state index in [9.17, 15) is 65.5 Å². The van der Waals surface area contributed by atoms with Crippen LogP contribution in [-0.4, -0.2) is 50.6 Å². The van der Waals surface area contributed by atoms with E-state index in [1.54, 1.807) is 0 Å². The van der Waals surface area contributed by atoms with Crippen LogP contribution in [0.1, 0.15) is 0 Å². The molecule has 0 radical (unpaired) electrons. The fourth-order valence-electron chi connectivity index (χ4n) is 0.998. The predicted molar refractivity (Wildman–Crippen MR) is 46.7 cm³/mol. The molecule has 0 aromatic heterocycles. The third kappa shape index (κ3) is 3.36. The highest BCUT2D eigenvalue weighted by Crippen LogP contribution is 2.60. The summed E-state index contributed by atoms with van der Waals surface area (Å²) in [5, 5.41) is 0. The molecule has 0 heterocycles. The van der Waals surface area contributed by atoms with Gasteiger partial charge in [0.25, 0.3) is 10.1 Å². The smallest absolute Gasteiger partial charge is 0.200 e. The zero-order valence-corrected chi connectivity index (χ0v) is 11.4. The summed E-state index contributed by atoms with van der Waals surface area (Å²) < 4.78 is 185. The van der Waals surface area contributed by atoms with Crippen LogP contribution in [0, 0.1) is 0 Å². The first kappa shape index (κ1) is 23.0. The Hall–Kier alpha value is -1.00. The van der Waals surface area contributed by atoms with Crippen molar-refractivity contribution in [3.8, 4) is 0 Å². The van der Waals surface area contributed by atoms with Gasteiger partial charge in [-0.05, 0) is 0 Å². The lowest BCUT2D eigenvalue weighted by Crippen LogP contribution is -2.70. The van der Waals surface area contributed by atoms with Gasteiger partial charge in [0.2, 0.25) is 0 Å². The van der Waals surface area contributed by atoms with Gasteiger partial charge in [-0.2, -0.15) is 69.7 Å². The molecule has 0 aliphatic rings. The van der Waals surface area contributed by atoms with Crippen molar-refractivity contribution in [2.24, 2.45) is 0 Å². The summed E-state index contributed by atoms with van der Waals surface area (Å²) >= 11 is 0. The zero-order valence-electron chi connectivity index (χ0n) is 10.5. The van der Waals surface area contributed by atoms with E-state index >= 15 is 0 Å².